The van der Waals surface area contributed by atoms with E-state index in [4.69, 9.17) is 9.47 Å². The molecule has 34 heavy (non-hydrogen) atoms. The smallest absolute Gasteiger partial charge is 0.242 e. The number of amides is 2. The molecule has 0 aromatic heterocycles. The molecule has 0 saturated carbocycles. The number of benzene rings is 2. The van der Waals surface area contributed by atoms with Crippen molar-refractivity contribution in [2.75, 3.05) is 31.0 Å². The number of carbonyl (C=O) groups excluding carboxylic acids is 2. The number of nitrogens with zero attached hydrogens (tertiary/aromatic N) is 1. The van der Waals surface area contributed by atoms with Crippen LogP contribution in [0.25, 0.3) is 0 Å². The second-order valence-corrected chi connectivity index (χ2v) is 10.1. The monoisotopic (exact) mass is 489 g/mol. The van der Waals surface area contributed by atoms with Crippen LogP contribution < -0.4 is 24.4 Å². The number of rotatable bonds is 9. The number of hydrogen-bond donors (Lipinski definition) is 2. The Bertz CT molecular complexity index is 1180. The minimum absolute atomic E-state index is 0.00187. The van der Waals surface area contributed by atoms with Crippen molar-refractivity contribution in [3.8, 4) is 11.5 Å². The first-order chi connectivity index (χ1) is 16.1. The lowest BCUT2D eigenvalue weighted by Crippen LogP contribution is -2.47. The SMILES string of the molecule is CCC(=O)N1CCc2cc(S(=O)(=O)N[C@H](C(=O)Nc3ccc(OC)cc3OC)C(C)C)ccc21. The second kappa shape index (κ2) is 10.4. The summed E-state index contributed by atoms with van der Waals surface area (Å²) < 4.78 is 39.4. The van der Waals surface area contributed by atoms with Crippen LogP contribution in [0.2, 0.25) is 0 Å². The second-order valence-electron chi connectivity index (χ2n) is 8.34. The van der Waals surface area contributed by atoms with E-state index in [0.717, 1.165) is 11.3 Å². The van der Waals surface area contributed by atoms with E-state index in [1.54, 1.807) is 56.0 Å². The molecule has 0 fully saturated rings. The van der Waals surface area contributed by atoms with Gasteiger partial charge in [-0.1, -0.05) is 20.8 Å². The van der Waals surface area contributed by atoms with Gasteiger partial charge in [-0.3, -0.25) is 9.59 Å². The third-order valence-electron chi connectivity index (χ3n) is 5.76. The highest BCUT2D eigenvalue weighted by Gasteiger charge is 2.31. The Morgan fingerprint density at radius 2 is 1.82 bits per heavy atom. The summed E-state index contributed by atoms with van der Waals surface area (Å²) in [5.41, 5.74) is 1.92. The largest absolute Gasteiger partial charge is 0.497 e. The zero-order valence-electron chi connectivity index (χ0n) is 20.0. The van der Waals surface area contributed by atoms with Gasteiger partial charge in [0.15, 0.2) is 0 Å². The van der Waals surface area contributed by atoms with Crippen LogP contribution in [0, 0.1) is 5.92 Å². The summed E-state index contributed by atoms with van der Waals surface area (Å²) in [6, 6.07) is 8.59. The van der Waals surface area contributed by atoms with Gasteiger partial charge in [-0.25, -0.2) is 8.42 Å². The molecule has 1 atom stereocenters. The molecule has 0 aliphatic carbocycles. The molecule has 184 valence electrons. The highest BCUT2D eigenvalue weighted by Crippen LogP contribution is 2.31. The number of nitrogens with one attached hydrogen (secondary N) is 2. The highest BCUT2D eigenvalue weighted by atomic mass is 32.2. The number of methoxy groups -OCH3 is 2. The van der Waals surface area contributed by atoms with Crippen LogP contribution in [0.4, 0.5) is 11.4 Å². The summed E-state index contributed by atoms with van der Waals surface area (Å²) in [5, 5.41) is 2.74. The summed E-state index contributed by atoms with van der Waals surface area (Å²) in [4.78, 5) is 26.9. The first-order valence-electron chi connectivity index (χ1n) is 11.1. The molecule has 1 heterocycles. The zero-order chi connectivity index (χ0) is 25.0. The minimum Gasteiger partial charge on any atom is -0.497 e. The zero-order valence-corrected chi connectivity index (χ0v) is 20.9. The molecule has 2 amide bonds. The molecular formula is C24H31N3O6S. The molecule has 0 saturated heterocycles. The topological polar surface area (TPSA) is 114 Å². The highest BCUT2D eigenvalue weighted by molar-refractivity contribution is 7.89. The quantitative estimate of drug-likeness (QED) is 0.560. The number of hydrogen-bond acceptors (Lipinski definition) is 6. The fourth-order valence-corrected chi connectivity index (χ4v) is 5.23. The first-order valence-corrected chi connectivity index (χ1v) is 12.6. The van der Waals surface area contributed by atoms with Crippen LogP contribution in [-0.2, 0) is 26.0 Å². The molecule has 2 aromatic rings. The van der Waals surface area contributed by atoms with E-state index in [9.17, 15) is 18.0 Å². The van der Waals surface area contributed by atoms with Crippen molar-refractivity contribution in [3.05, 3.63) is 42.0 Å². The van der Waals surface area contributed by atoms with Crippen LogP contribution in [0.1, 0.15) is 32.8 Å². The van der Waals surface area contributed by atoms with Crippen LogP contribution in [0.15, 0.2) is 41.3 Å². The van der Waals surface area contributed by atoms with Crippen LogP contribution in [0.5, 0.6) is 11.5 Å². The number of fused-ring (bicyclic) bond motifs is 1. The fourth-order valence-electron chi connectivity index (χ4n) is 3.84. The third kappa shape index (κ3) is 5.34. The van der Waals surface area contributed by atoms with Gasteiger partial charge in [0.25, 0.3) is 0 Å². The summed E-state index contributed by atoms with van der Waals surface area (Å²) in [5.74, 6) is 0.113. The van der Waals surface area contributed by atoms with Crippen LogP contribution in [0.3, 0.4) is 0 Å². The lowest BCUT2D eigenvalue weighted by Gasteiger charge is -2.23. The molecule has 2 aromatic carbocycles. The predicted octanol–water partition coefficient (Wildman–Crippen LogP) is 2.94. The van der Waals surface area contributed by atoms with Gasteiger partial charge in [0.1, 0.15) is 17.5 Å². The molecule has 10 heteroatoms. The molecule has 2 N–H and O–H groups in total. The minimum atomic E-state index is -4.00. The standard InChI is InChI=1S/C24H31N3O6S/c1-6-22(28)27-12-11-16-13-18(8-10-20(16)27)34(30,31)26-23(15(2)3)24(29)25-19-9-7-17(32-4)14-21(19)33-5/h7-10,13-15,23,26H,6,11-12H2,1-5H3,(H,25,29)/t23-/m0/s1. The van der Waals surface area contributed by atoms with Gasteiger partial charge >= 0.3 is 0 Å². The molecule has 9 nitrogen and oxygen atoms in total. The normalized spacial score (nSPS) is 14.0. The van der Waals surface area contributed by atoms with Crippen LogP contribution >= 0.6 is 0 Å². The van der Waals surface area contributed by atoms with E-state index >= 15 is 0 Å². The number of anilines is 2. The van der Waals surface area contributed by atoms with Crippen molar-refractivity contribution in [2.24, 2.45) is 5.92 Å². The van der Waals surface area contributed by atoms with Gasteiger partial charge in [0.05, 0.1) is 24.8 Å². The molecule has 3 rings (SSSR count). The van der Waals surface area contributed by atoms with Crippen molar-refractivity contribution in [1.29, 1.82) is 0 Å². The average Bonchev–Trinajstić information content (AvgIpc) is 3.25. The van der Waals surface area contributed by atoms with Crippen LogP contribution in [-0.4, -0.2) is 47.0 Å². The Hall–Kier alpha value is -3.11. The van der Waals surface area contributed by atoms with E-state index in [1.165, 1.54) is 20.3 Å². The third-order valence-corrected chi connectivity index (χ3v) is 7.20. The first kappa shape index (κ1) is 25.5. The fraction of sp³-hybridized carbons (Fsp3) is 0.417. The molecule has 0 radical (unpaired) electrons. The van der Waals surface area contributed by atoms with Gasteiger partial charge in [-0.2, -0.15) is 4.72 Å². The van der Waals surface area contributed by atoms with E-state index in [2.05, 4.69) is 10.0 Å². The van der Waals surface area contributed by atoms with E-state index in [-0.39, 0.29) is 16.7 Å². The van der Waals surface area contributed by atoms with Gasteiger partial charge in [0, 0.05) is 24.7 Å². The lowest BCUT2D eigenvalue weighted by atomic mass is 10.0. The lowest BCUT2D eigenvalue weighted by molar-refractivity contribution is -0.119. The van der Waals surface area contributed by atoms with E-state index in [0.29, 0.717) is 36.6 Å². The summed E-state index contributed by atoms with van der Waals surface area (Å²) in [6.07, 6.45) is 0.959. The Balaban J connectivity index is 1.81. The van der Waals surface area contributed by atoms with Crippen molar-refractivity contribution >= 4 is 33.2 Å². The summed E-state index contributed by atoms with van der Waals surface area (Å²) in [6.45, 7) is 5.84. The summed E-state index contributed by atoms with van der Waals surface area (Å²) >= 11 is 0. The molecule has 1 aliphatic rings. The van der Waals surface area contributed by atoms with Crippen molar-refractivity contribution in [1.82, 2.24) is 4.72 Å². The average molecular weight is 490 g/mol. The Kier molecular flexibility index (Phi) is 7.83. The maximum absolute atomic E-state index is 13.2. The molecular weight excluding hydrogens is 458 g/mol. The Morgan fingerprint density at radius 1 is 1.09 bits per heavy atom. The van der Waals surface area contributed by atoms with Gasteiger partial charge in [0.2, 0.25) is 21.8 Å². The molecule has 1 aliphatic heterocycles. The maximum atomic E-state index is 13.2. The maximum Gasteiger partial charge on any atom is 0.242 e. The Morgan fingerprint density at radius 3 is 2.44 bits per heavy atom. The van der Waals surface area contributed by atoms with E-state index < -0.39 is 22.0 Å². The molecule has 0 unspecified atom stereocenters. The number of carbonyl (C=O) groups is 2. The van der Waals surface area contributed by atoms with Crippen molar-refractivity contribution < 1.29 is 27.5 Å². The van der Waals surface area contributed by atoms with Gasteiger partial charge < -0.3 is 19.7 Å². The van der Waals surface area contributed by atoms with Crippen molar-refractivity contribution in [2.45, 2.75) is 44.6 Å². The predicted molar refractivity (Wildman–Crippen MR) is 130 cm³/mol. The molecule has 0 bridgehead atoms. The van der Waals surface area contributed by atoms with Gasteiger partial charge in [-0.15, -0.1) is 0 Å². The summed E-state index contributed by atoms with van der Waals surface area (Å²) in [7, 11) is -1.01. The van der Waals surface area contributed by atoms with Crippen molar-refractivity contribution in [3.63, 3.8) is 0 Å². The van der Waals surface area contributed by atoms with Gasteiger partial charge in [-0.05, 0) is 48.2 Å². The van der Waals surface area contributed by atoms with E-state index in [1.807, 2.05) is 0 Å². The number of sulfonamides is 1. The number of ether oxygens (including phenoxy) is 2. The Labute approximate surface area is 200 Å². The molecule has 0 spiro atoms.